The number of benzene rings is 6. The first kappa shape index (κ1) is 31.3. The van der Waals surface area contributed by atoms with Crippen LogP contribution in [0.1, 0.15) is 89.2 Å². The Labute approximate surface area is 276 Å². The summed E-state index contributed by atoms with van der Waals surface area (Å²) in [5, 5.41) is 0. The van der Waals surface area contributed by atoms with Crippen LogP contribution in [0.15, 0.2) is 176 Å². The van der Waals surface area contributed by atoms with Gasteiger partial charge in [-0.2, -0.15) is 0 Å². The van der Waals surface area contributed by atoms with E-state index in [0.29, 0.717) is 23.7 Å². The quantitative estimate of drug-likeness (QED) is 0.110. The molecule has 0 fully saturated rings. The van der Waals surface area contributed by atoms with Gasteiger partial charge in [0.1, 0.15) is 0 Å². The SMILES string of the molecule is [c]1ccc(C(CCC(CC(CC(CCc2ccccc2)c2ccccc2)c2ccccc2)c2ccccc2)c2ccccc2)cc1. The Kier molecular flexibility index (Phi) is 11.3. The lowest BCUT2D eigenvalue weighted by molar-refractivity contribution is 0.427. The molecule has 0 bridgehead atoms. The van der Waals surface area contributed by atoms with E-state index in [-0.39, 0.29) is 0 Å². The Morgan fingerprint density at radius 2 is 0.739 bits per heavy atom. The summed E-state index contributed by atoms with van der Waals surface area (Å²) >= 11 is 0. The van der Waals surface area contributed by atoms with E-state index in [1.807, 2.05) is 0 Å². The summed E-state index contributed by atoms with van der Waals surface area (Å²) in [6.07, 6.45) is 6.75. The van der Waals surface area contributed by atoms with Gasteiger partial charge in [0.15, 0.2) is 0 Å². The van der Waals surface area contributed by atoms with Gasteiger partial charge in [-0.3, -0.25) is 0 Å². The molecule has 6 aromatic rings. The van der Waals surface area contributed by atoms with Gasteiger partial charge in [0.2, 0.25) is 0 Å². The van der Waals surface area contributed by atoms with E-state index in [1.165, 1.54) is 33.4 Å². The highest BCUT2D eigenvalue weighted by atomic mass is 14.3. The van der Waals surface area contributed by atoms with Gasteiger partial charge in [-0.25, -0.2) is 0 Å². The zero-order valence-corrected chi connectivity index (χ0v) is 26.8. The highest BCUT2D eigenvalue weighted by Crippen LogP contribution is 2.42. The third kappa shape index (κ3) is 8.73. The first-order valence-electron chi connectivity index (χ1n) is 17.0. The molecule has 0 amide bonds. The molecule has 0 aliphatic carbocycles. The summed E-state index contributed by atoms with van der Waals surface area (Å²) < 4.78 is 0. The lowest BCUT2D eigenvalue weighted by Gasteiger charge is -2.30. The maximum absolute atomic E-state index is 3.23. The highest BCUT2D eigenvalue weighted by Gasteiger charge is 2.26. The van der Waals surface area contributed by atoms with Crippen LogP contribution in [-0.4, -0.2) is 0 Å². The van der Waals surface area contributed by atoms with Crippen LogP contribution >= 0.6 is 0 Å². The zero-order chi connectivity index (χ0) is 31.2. The van der Waals surface area contributed by atoms with Gasteiger partial charge >= 0.3 is 0 Å². The molecular formula is C46H45. The first-order chi connectivity index (χ1) is 22.8. The van der Waals surface area contributed by atoms with Gasteiger partial charge in [-0.1, -0.05) is 176 Å². The summed E-state index contributed by atoms with van der Waals surface area (Å²) in [7, 11) is 0. The second kappa shape index (κ2) is 16.6. The number of rotatable bonds is 15. The average Bonchev–Trinajstić information content (AvgIpc) is 3.14. The second-order valence-electron chi connectivity index (χ2n) is 12.7. The molecule has 0 nitrogen and oxygen atoms in total. The first-order valence-corrected chi connectivity index (χ1v) is 17.0. The summed E-state index contributed by atoms with van der Waals surface area (Å²) in [5.74, 6) is 1.76. The third-order valence-electron chi connectivity index (χ3n) is 9.73. The molecule has 4 unspecified atom stereocenters. The molecule has 0 aliphatic heterocycles. The summed E-state index contributed by atoms with van der Waals surface area (Å²) in [6.45, 7) is 0. The van der Waals surface area contributed by atoms with Crippen molar-refractivity contribution in [2.75, 3.05) is 0 Å². The van der Waals surface area contributed by atoms with Crippen molar-refractivity contribution in [3.05, 3.63) is 215 Å². The molecule has 0 heterocycles. The molecule has 0 saturated carbocycles. The Morgan fingerprint density at radius 3 is 1.24 bits per heavy atom. The lowest BCUT2D eigenvalue weighted by atomic mass is 9.75. The van der Waals surface area contributed by atoms with E-state index in [1.54, 1.807) is 0 Å². The Bertz CT molecular complexity index is 1620. The van der Waals surface area contributed by atoms with Crippen LogP contribution in [0.3, 0.4) is 0 Å². The van der Waals surface area contributed by atoms with Crippen LogP contribution in [-0.2, 0) is 6.42 Å². The summed E-state index contributed by atoms with van der Waals surface area (Å²) in [6, 6.07) is 67.8. The smallest absolute Gasteiger partial charge is 0.00895 e. The van der Waals surface area contributed by atoms with Crippen LogP contribution < -0.4 is 0 Å². The van der Waals surface area contributed by atoms with Crippen molar-refractivity contribution in [1.29, 1.82) is 0 Å². The van der Waals surface area contributed by atoms with Gasteiger partial charge < -0.3 is 0 Å². The Hall–Kier alpha value is -4.68. The van der Waals surface area contributed by atoms with Gasteiger partial charge in [0.25, 0.3) is 0 Å². The fourth-order valence-corrected chi connectivity index (χ4v) is 7.27. The molecular weight excluding hydrogens is 553 g/mol. The number of hydrogen-bond donors (Lipinski definition) is 0. The molecule has 6 aromatic carbocycles. The van der Waals surface area contributed by atoms with Crippen molar-refractivity contribution >= 4 is 0 Å². The van der Waals surface area contributed by atoms with E-state index in [4.69, 9.17) is 0 Å². The molecule has 0 N–H and O–H groups in total. The Balaban J connectivity index is 1.29. The minimum Gasteiger partial charge on any atom is -0.0622 e. The molecule has 46 heavy (non-hydrogen) atoms. The van der Waals surface area contributed by atoms with E-state index < -0.39 is 0 Å². The van der Waals surface area contributed by atoms with Crippen molar-refractivity contribution in [2.24, 2.45) is 0 Å². The third-order valence-corrected chi connectivity index (χ3v) is 9.73. The second-order valence-corrected chi connectivity index (χ2v) is 12.7. The van der Waals surface area contributed by atoms with Crippen LogP contribution in [0.4, 0.5) is 0 Å². The average molecular weight is 598 g/mol. The fraction of sp³-hybridized carbons (Fsp3) is 0.217. The van der Waals surface area contributed by atoms with Crippen LogP contribution in [0.25, 0.3) is 0 Å². The maximum atomic E-state index is 3.23. The topological polar surface area (TPSA) is 0 Å². The maximum Gasteiger partial charge on any atom is 0.00895 e. The lowest BCUT2D eigenvalue weighted by Crippen LogP contribution is -2.13. The molecule has 0 aliphatic rings. The molecule has 229 valence electrons. The van der Waals surface area contributed by atoms with Crippen LogP contribution in [0.5, 0.6) is 0 Å². The number of hydrogen-bond acceptors (Lipinski definition) is 0. The van der Waals surface area contributed by atoms with Crippen LogP contribution in [0, 0.1) is 6.07 Å². The van der Waals surface area contributed by atoms with E-state index >= 15 is 0 Å². The van der Waals surface area contributed by atoms with E-state index in [9.17, 15) is 0 Å². The molecule has 0 aromatic heterocycles. The molecule has 6 rings (SSSR count). The van der Waals surface area contributed by atoms with Crippen molar-refractivity contribution in [3.63, 3.8) is 0 Å². The van der Waals surface area contributed by atoms with Gasteiger partial charge in [-0.05, 0) is 95.7 Å². The molecule has 1 radical (unpaired) electrons. The molecule has 4 atom stereocenters. The predicted octanol–water partition coefficient (Wildman–Crippen LogP) is 12.2. The molecule has 0 spiro atoms. The minimum atomic E-state index is 0.361. The highest BCUT2D eigenvalue weighted by molar-refractivity contribution is 5.33. The van der Waals surface area contributed by atoms with Crippen LogP contribution in [0.2, 0.25) is 0 Å². The molecule has 0 saturated heterocycles. The van der Waals surface area contributed by atoms with E-state index in [2.05, 4.69) is 182 Å². The minimum absolute atomic E-state index is 0.361. The van der Waals surface area contributed by atoms with Gasteiger partial charge in [0.05, 0.1) is 0 Å². The largest absolute Gasteiger partial charge is 0.0622 e. The number of aryl methyl sites for hydroxylation is 1. The van der Waals surface area contributed by atoms with Crippen molar-refractivity contribution < 1.29 is 0 Å². The van der Waals surface area contributed by atoms with Crippen molar-refractivity contribution in [1.82, 2.24) is 0 Å². The molecule has 0 heteroatoms. The standard InChI is InChI=1S/C46H45/c1-7-19-37(20-8-1)31-32-43(38-21-9-2-10-22-38)35-45(40-25-13-4-14-26-40)36-44(39-23-11-3-12-24-39)33-34-46(41-27-15-5-16-28-41)42-29-17-6-18-30-42/h1-5,7-30,43-46H,31-36H2. The zero-order valence-electron chi connectivity index (χ0n) is 26.8. The normalized spacial score (nSPS) is 13.2. The predicted molar refractivity (Wildman–Crippen MR) is 194 cm³/mol. The van der Waals surface area contributed by atoms with Gasteiger partial charge in [-0.15, -0.1) is 0 Å². The summed E-state index contributed by atoms with van der Waals surface area (Å²) in [5.41, 5.74) is 8.57. The monoisotopic (exact) mass is 597 g/mol. The van der Waals surface area contributed by atoms with Crippen molar-refractivity contribution in [3.8, 4) is 0 Å². The van der Waals surface area contributed by atoms with Crippen molar-refractivity contribution in [2.45, 2.75) is 62.2 Å². The van der Waals surface area contributed by atoms with Gasteiger partial charge in [0, 0.05) is 5.92 Å². The Morgan fingerprint density at radius 1 is 0.348 bits per heavy atom. The fourth-order valence-electron chi connectivity index (χ4n) is 7.27. The summed E-state index contributed by atoms with van der Waals surface area (Å²) in [4.78, 5) is 0. The van der Waals surface area contributed by atoms with E-state index in [0.717, 1.165) is 38.5 Å².